The van der Waals surface area contributed by atoms with Gasteiger partial charge < -0.3 is 4.74 Å². The van der Waals surface area contributed by atoms with E-state index in [0.29, 0.717) is 16.7 Å². The van der Waals surface area contributed by atoms with Crippen LogP contribution < -0.4 is 11.3 Å². The van der Waals surface area contributed by atoms with E-state index in [2.05, 4.69) is 5.43 Å². The maximum absolute atomic E-state index is 5.96. The molecule has 0 radical (unpaired) electrons. The molecule has 3 nitrogen and oxygen atoms in total. The fraction of sp³-hybridized carbons (Fsp3) is 0.455. The van der Waals surface area contributed by atoms with Gasteiger partial charge in [-0.05, 0) is 31.5 Å². The Morgan fingerprint density at radius 2 is 2.06 bits per heavy atom. The van der Waals surface area contributed by atoms with Gasteiger partial charge in [-0.15, -0.1) is 0 Å². The third-order valence-corrected chi connectivity index (χ3v) is 3.12. The maximum Gasteiger partial charge on any atom is 0.0754 e. The average molecular weight is 263 g/mol. The lowest BCUT2D eigenvalue weighted by atomic mass is 10.0. The van der Waals surface area contributed by atoms with E-state index in [1.54, 1.807) is 12.1 Å². The minimum Gasteiger partial charge on any atom is -0.377 e. The fourth-order valence-corrected chi connectivity index (χ4v) is 1.87. The topological polar surface area (TPSA) is 47.3 Å². The van der Waals surface area contributed by atoms with Gasteiger partial charge in [0.15, 0.2) is 0 Å². The van der Waals surface area contributed by atoms with E-state index >= 15 is 0 Å². The Morgan fingerprint density at radius 3 is 2.56 bits per heavy atom. The second kappa shape index (κ2) is 6.42. The third kappa shape index (κ3) is 3.34. The van der Waals surface area contributed by atoms with Crippen LogP contribution in [0.2, 0.25) is 10.0 Å². The van der Waals surface area contributed by atoms with Gasteiger partial charge in [-0.3, -0.25) is 11.3 Å². The summed E-state index contributed by atoms with van der Waals surface area (Å²) in [7, 11) is 0. The largest absolute Gasteiger partial charge is 0.377 e. The molecule has 5 heteroatoms. The Bertz CT molecular complexity index is 347. The van der Waals surface area contributed by atoms with Gasteiger partial charge in [0, 0.05) is 6.61 Å². The molecule has 1 aromatic rings. The Kier molecular flexibility index (Phi) is 5.52. The van der Waals surface area contributed by atoms with Crippen LogP contribution in [0.3, 0.4) is 0 Å². The molecule has 0 saturated heterocycles. The quantitative estimate of drug-likeness (QED) is 0.634. The first kappa shape index (κ1) is 13.7. The second-order valence-electron chi connectivity index (χ2n) is 3.48. The van der Waals surface area contributed by atoms with Crippen LogP contribution in [0.25, 0.3) is 0 Å². The lowest BCUT2D eigenvalue weighted by molar-refractivity contribution is 0.0472. The predicted molar refractivity (Wildman–Crippen MR) is 67.6 cm³/mol. The monoisotopic (exact) mass is 262 g/mol. The van der Waals surface area contributed by atoms with Gasteiger partial charge in [-0.2, -0.15) is 0 Å². The van der Waals surface area contributed by atoms with E-state index in [1.165, 1.54) is 0 Å². The molecule has 90 valence electrons. The molecule has 0 amide bonds. The highest BCUT2D eigenvalue weighted by Crippen LogP contribution is 2.27. The van der Waals surface area contributed by atoms with Gasteiger partial charge in [0.25, 0.3) is 0 Å². The molecule has 0 heterocycles. The number of nitrogens with one attached hydrogen (secondary N) is 1. The molecule has 0 bridgehead atoms. The van der Waals surface area contributed by atoms with Crippen LogP contribution in [-0.4, -0.2) is 12.7 Å². The number of hydrogen-bond donors (Lipinski definition) is 2. The summed E-state index contributed by atoms with van der Waals surface area (Å²) in [5, 5.41) is 1.05. The maximum atomic E-state index is 5.96. The summed E-state index contributed by atoms with van der Waals surface area (Å²) < 4.78 is 5.50. The van der Waals surface area contributed by atoms with Crippen molar-refractivity contribution in [1.29, 1.82) is 0 Å². The molecule has 0 aliphatic carbocycles. The normalized spacial score (nSPS) is 14.8. The SMILES string of the molecule is CCOC(C)C(NN)c1ccc(Cl)c(Cl)c1. The summed E-state index contributed by atoms with van der Waals surface area (Å²) in [6, 6.07) is 5.33. The van der Waals surface area contributed by atoms with Crippen LogP contribution in [0.5, 0.6) is 0 Å². The number of hydrogen-bond acceptors (Lipinski definition) is 3. The Morgan fingerprint density at radius 1 is 1.38 bits per heavy atom. The van der Waals surface area contributed by atoms with Crippen molar-refractivity contribution in [3.05, 3.63) is 33.8 Å². The number of ether oxygens (including phenoxy) is 1. The van der Waals surface area contributed by atoms with Crippen molar-refractivity contribution >= 4 is 23.2 Å². The summed E-state index contributed by atoms with van der Waals surface area (Å²) >= 11 is 11.8. The lowest BCUT2D eigenvalue weighted by Gasteiger charge is -2.23. The first-order chi connectivity index (χ1) is 7.60. The van der Waals surface area contributed by atoms with E-state index in [4.69, 9.17) is 33.8 Å². The summed E-state index contributed by atoms with van der Waals surface area (Å²) in [5.74, 6) is 5.52. The van der Waals surface area contributed by atoms with E-state index in [-0.39, 0.29) is 12.1 Å². The Labute approximate surface area is 106 Å². The number of rotatable bonds is 5. The van der Waals surface area contributed by atoms with Crippen LogP contribution in [0.4, 0.5) is 0 Å². The molecule has 2 atom stereocenters. The van der Waals surface area contributed by atoms with Crippen LogP contribution in [-0.2, 0) is 4.74 Å². The van der Waals surface area contributed by atoms with Gasteiger partial charge in [0.05, 0.1) is 22.2 Å². The molecule has 0 fully saturated rings. The highest BCUT2D eigenvalue weighted by molar-refractivity contribution is 6.42. The van der Waals surface area contributed by atoms with Crippen molar-refractivity contribution in [1.82, 2.24) is 5.43 Å². The van der Waals surface area contributed by atoms with E-state index < -0.39 is 0 Å². The molecule has 16 heavy (non-hydrogen) atoms. The average Bonchev–Trinajstić information content (AvgIpc) is 2.25. The first-order valence-corrected chi connectivity index (χ1v) is 5.88. The molecule has 0 saturated carbocycles. The number of benzene rings is 1. The van der Waals surface area contributed by atoms with Crippen LogP contribution in [0.15, 0.2) is 18.2 Å². The van der Waals surface area contributed by atoms with E-state index in [9.17, 15) is 0 Å². The molecule has 1 rings (SSSR count). The standard InChI is InChI=1S/C11H16Cl2N2O/c1-3-16-7(2)11(15-14)8-4-5-9(12)10(13)6-8/h4-7,11,15H,3,14H2,1-2H3. The molecular formula is C11H16Cl2N2O. The number of halogens is 2. The minimum atomic E-state index is -0.102. The fourth-order valence-electron chi connectivity index (χ4n) is 1.57. The molecule has 0 aliphatic heterocycles. The summed E-state index contributed by atoms with van der Waals surface area (Å²) in [4.78, 5) is 0. The molecular weight excluding hydrogens is 247 g/mol. The van der Waals surface area contributed by atoms with Crippen molar-refractivity contribution in [3.63, 3.8) is 0 Å². The van der Waals surface area contributed by atoms with Crippen LogP contribution >= 0.6 is 23.2 Å². The van der Waals surface area contributed by atoms with Crippen molar-refractivity contribution in [2.24, 2.45) is 5.84 Å². The van der Waals surface area contributed by atoms with Gasteiger partial charge in [0.2, 0.25) is 0 Å². The van der Waals surface area contributed by atoms with E-state index in [1.807, 2.05) is 19.9 Å². The Balaban J connectivity index is 2.90. The van der Waals surface area contributed by atoms with Crippen LogP contribution in [0.1, 0.15) is 25.5 Å². The zero-order valence-electron chi connectivity index (χ0n) is 9.34. The highest BCUT2D eigenvalue weighted by Gasteiger charge is 2.18. The zero-order chi connectivity index (χ0) is 12.1. The summed E-state index contributed by atoms with van der Waals surface area (Å²) in [6.07, 6.45) is -0.0350. The van der Waals surface area contributed by atoms with Crippen molar-refractivity contribution in [2.45, 2.75) is 26.0 Å². The van der Waals surface area contributed by atoms with E-state index in [0.717, 1.165) is 5.56 Å². The highest BCUT2D eigenvalue weighted by atomic mass is 35.5. The van der Waals surface area contributed by atoms with Crippen molar-refractivity contribution in [3.8, 4) is 0 Å². The first-order valence-electron chi connectivity index (χ1n) is 5.12. The van der Waals surface area contributed by atoms with Gasteiger partial charge in [-0.1, -0.05) is 29.3 Å². The molecule has 0 aromatic heterocycles. The Hall–Kier alpha value is -0.320. The molecule has 3 N–H and O–H groups in total. The minimum absolute atomic E-state index is 0.0350. The third-order valence-electron chi connectivity index (χ3n) is 2.38. The molecule has 0 aliphatic rings. The second-order valence-corrected chi connectivity index (χ2v) is 4.29. The smallest absolute Gasteiger partial charge is 0.0754 e. The molecule has 1 aromatic carbocycles. The lowest BCUT2D eigenvalue weighted by Crippen LogP contribution is -2.36. The van der Waals surface area contributed by atoms with Gasteiger partial charge in [-0.25, -0.2) is 0 Å². The van der Waals surface area contributed by atoms with Crippen molar-refractivity contribution < 1.29 is 4.74 Å². The van der Waals surface area contributed by atoms with Gasteiger partial charge >= 0.3 is 0 Å². The molecule has 2 unspecified atom stereocenters. The zero-order valence-corrected chi connectivity index (χ0v) is 10.8. The van der Waals surface area contributed by atoms with Crippen LogP contribution in [0, 0.1) is 0 Å². The summed E-state index contributed by atoms with van der Waals surface area (Å²) in [6.45, 7) is 4.54. The number of nitrogens with two attached hydrogens (primary N) is 1. The van der Waals surface area contributed by atoms with Crippen molar-refractivity contribution in [2.75, 3.05) is 6.61 Å². The van der Waals surface area contributed by atoms with Gasteiger partial charge in [0.1, 0.15) is 0 Å². The number of hydrazine groups is 1. The summed E-state index contributed by atoms with van der Waals surface area (Å²) in [5.41, 5.74) is 3.68. The molecule has 0 spiro atoms. The predicted octanol–water partition coefficient (Wildman–Crippen LogP) is 2.92.